The van der Waals surface area contributed by atoms with E-state index in [-0.39, 0.29) is 0 Å². The molecule has 2 atom stereocenters. The molecule has 0 aromatic rings. The quantitative estimate of drug-likeness (QED) is 0.635. The first-order valence-electron chi connectivity index (χ1n) is 4.60. The highest BCUT2D eigenvalue weighted by Crippen LogP contribution is 2.27. The number of hydrogen-bond donors (Lipinski definition) is 1. The Morgan fingerprint density at radius 1 is 1.30 bits per heavy atom. The standard InChI is InChI=1S/C9H19N/c1-3-8-5-6-9(7-8)10-4-2/h8-10H,3-7H2,1-2H3. The van der Waals surface area contributed by atoms with E-state index in [1.54, 1.807) is 0 Å². The van der Waals surface area contributed by atoms with Gasteiger partial charge in [0.2, 0.25) is 0 Å². The molecule has 1 N–H and O–H groups in total. The van der Waals surface area contributed by atoms with E-state index in [2.05, 4.69) is 19.2 Å². The smallest absolute Gasteiger partial charge is 0.00696 e. The molecule has 1 nitrogen and oxygen atoms in total. The van der Waals surface area contributed by atoms with Gasteiger partial charge in [0, 0.05) is 6.04 Å². The Morgan fingerprint density at radius 2 is 2.10 bits per heavy atom. The zero-order chi connectivity index (χ0) is 7.40. The third-order valence-electron chi connectivity index (χ3n) is 2.61. The van der Waals surface area contributed by atoms with Gasteiger partial charge < -0.3 is 5.32 Å². The summed E-state index contributed by atoms with van der Waals surface area (Å²) in [6.45, 7) is 5.64. The van der Waals surface area contributed by atoms with Crippen molar-refractivity contribution < 1.29 is 0 Å². The highest BCUT2D eigenvalue weighted by molar-refractivity contribution is 4.79. The van der Waals surface area contributed by atoms with Gasteiger partial charge in [0.25, 0.3) is 0 Å². The van der Waals surface area contributed by atoms with Crippen molar-refractivity contribution in [3.05, 3.63) is 0 Å². The molecular formula is C9H19N. The molecular weight excluding hydrogens is 122 g/mol. The van der Waals surface area contributed by atoms with Gasteiger partial charge in [-0.2, -0.15) is 0 Å². The molecule has 0 aromatic heterocycles. The van der Waals surface area contributed by atoms with Crippen LogP contribution in [0.1, 0.15) is 39.5 Å². The van der Waals surface area contributed by atoms with E-state index in [9.17, 15) is 0 Å². The molecule has 1 heteroatoms. The molecule has 0 aromatic carbocycles. The van der Waals surface area contributed by atoms with Crippen molar-refractivity contribution in [2.45, 2.75) is 45.6 Å². The zero-order valence-electron chi connectivity index (χ0n) is 7.19. The van der Waals surface area contributed by atoms with Gasteiger partial charge in [0.05, 0.1) is 0 Å². The summed E-state index contributed by atoms with van der Waals surface area (Å²) in [5.74, 6) is 1.02. The Hall–Kier alpha value is -0.0400. The predicted octanol–water partition coefficient (Wildman–Crippen LogP) is 2.17. The Kier molecular flexibility index (Phi) is 3.20. The lowest BCUT2D eigenvalue weighted by molar-refractivity contribution is 0.485. The van der Waals surface area contributed by atoms with E-state index < -0.39 is 0 Å². The fraction of sp³-hybridized carbons (Fsp3) is 1.00. The van der Waals surface area contributed by atoms with Crippen LogP contribution in [0.5, 0.6) is 0 Å². The van der Waals surface area contributed by atoms with Crippen molar-refractivity contribution in [2.75, 3.05) is 6.54 Å². The highest BCUT2D eigenvalue weighted by atomic mass is 14.9. The van der Waals surface area contributed by atoms with Gasteiger partial charge in [-0.3, -0.25) is 0 Å². The van der Waals surface area contributed by atoms with E-state index in [0.29, 0.717) is 0 Å². The fourth-order valence-corrected chi connectivity index (χ4v) is 1.92. The van der Waals surface area contributed by atoms with Crippen molar-refractivity contribution in [3.63, 3.8) is 0 Å². The summed E-state index contributed by atoms with van der Waals surface area (Å²) in [7, 11) is 0. The van der Waals surface area contributed by atoms with Crippen LogP contribution in [0.3, 0.4) is 0 Å². The third kappa shape index (κ3) is 1.98. The van der Waals surface area contributed by atoms with Gasteiger partial charge >= 0.3 is 0 Å². The Bertz CT molecular complexity index is 90.7. The average molecular weight is 141 g/mol. The van der Waals surface area contributed by atoms with E-state index in [4.69, 9.17) is 0 Å². The minimum absolute atomic E-state index is 0.843. The summed E-state index contributed by atoms with van der Waals surface area (Å²) in [5.41, 5.74) is 0. The van der Waals surface area contributed by atoms with Gasteiger partial charge in [-0.05, 0) is 31.7 Å². The van der Waals surface area contributed by atoms with Crippen LogP contribution in [0.2, 0.25) is 0 Å². The van der Waals surface area contributed by atoms with Gasteiger partial charge in [0.1, 0.15) is 0 Å². The molecule has 1 fully saturated rings. The molecule has 1 aliphatic carbocycles. The summed E-state index contributed by atoms with van der Waals surface area (Å²) in [6, 6.07) is 0.843. The van der Waals surface area contributed by atoms with Crippen LogP contribution in [0.4, 0.5) is 0 Å². The van der Waals surface area contributed by atoms with Crippen molar-refractivity contribution in [1.29, 1.82) is 0 Å². The second-order valence-electron chi connectivity index (χ2n) is 3.34. The van der Waals surface area contributed by atoms with Gasteiger partial charge in [-0.25, -0.2) is 0 Å². The normalized spacial score (nSPS) is 33.0. The topological polar surface area (TPSA) is 12.0 Å². The van der Waals surface area contributed by atoms with E-state index in [1.165, 1.54) is 25.7 Å². The first kappa shape index (κ1) is 8.06. The molecule has 0 aliphatic heterocycles. The second-order valence-corrected chi connectivity index (χ2v) is 3.34. The first-order chi connectivity index (χ1) is 4.86. The maximum absolute atomic E-state index is 3.51. The largest absolute Gasteiger partial charge is 0.314 e. The van der Waals surface area contributed by atoms with E-state index in [1.807, 2.05) is 0 Å². The molecule has 0 spiro atoms. The molecule has 10 heavy (non-hydrogen) atoms. The molecule has 0 saturated heterocycles. The molecule has 1 aliphatic rings. The van der Waals surface area contributed by atoms with Crippen molar-refractivity contribution in [3.8, 4) is 0 Å². The summed E-state index contributed by atoms with van der Waals surface area (Å²) in [5, 5.41) is 3.51. The zero-order valence-corrected chi connectivity index (χ0v) is 7.19. The SMILES string of the molecule is CCNC1CCC(CC)C1. The molecule has 60 valence electrons. The van der Waals surface area contributed by atoms with Crippen LogP contribution in [0.15, 0.2) is 0 Å². The van der Waals surface area contributed by atoms with Crippen LogP contribution in [0, 0.1) is 5.92 Å². The van der Waals surface area contributed by atoms with Crippen LogP contribution >= 0.6 is 0 Å². The molecule has 2 unspecified atom stereocenters. The third-order valence-corrected chi connectivity index (χ3v) is 2.61. The molecule has 0 bridgehead atoms. The summed E-state index contributed by atoms with van der Waals surface area (Å²) < 4.78 is 0. The number of hydrogen-bond acceptors (Lipinski definition) is 1. The molecule has 1 saturated carbocycles. The maximum Gasteiger partial charge on any atom is 0.00696 e. The molecule has 0 heterocycles. The lowest BCUT2D eigenvalue weighted by Crippen LogP contribution is -2.25. The highest BCUT2D eigenvalue weighted by Gasteiger charge is 2.21. The maximum atomic E-state index is 3.51. The van der Waals surface area contributed by atoms with E-state index in [0.717, 1.165) is 18.5 Å². The Labute approximate surface area is 64.2 Å². The predicted molar refractivity (Wildman–Crippen MR) is 45.1 cm³/mol. The lowest BCUT2D eigenvalue weighted by atomic mass is 10.1. The molecule has 0 radical (unpaired) electrons. The van der Waals surface area contributed by atoms with Crippen molar-refractivity contribution in [2.24, 2.45) is 5.92 Å². The lowest BCUT2D eigenvalue weighted by Gasteiger charge is -2.09. The summed E-state index contributed by atoms with van der Waals surface area (Å²) in [4.78, 5) is 0. The summed E-state index contributed by atoms with van der Waals surface area (Å²) in [6.07, 6.45) is 5.66. The fourth-order valence-electron chi connectivity index (χ4n) is 1.92. The van der Waals surface area contributed by atoms with Gasteiger partial charge in [0.15, 0.2) is 0 Å². The number of rotatable bonds is 3. The molecule has 1 rings (SSSR count). The van der Waals surface area contributed by atoms with Gasteiger partial charge in [-0.1, -0.05) is 20.3 Å². The van der Waals surface area contributed by atoms with Crippen molar-refractivity contribution in [1.82, 2.24) is 5.32 Å². The first-order valence-corrected chi connectivity index (χ1v) is 4.60. The Balaban J connectivity index is 2.15. The minimum atomic E-state index is 0.843. The van der Waals surface area contributed by atoms with Gasteiger partial charge in [-0.15, -0.1) is 0 Å². The number of nitrogens with one attached hydrogen (secondary N) is 1. The molecule has 0 amide bonds. The average Bonchev–Trinajstić information content (AvgIpc) is 2.37. The van der Waals surface area contributed by atoms with Crippen molar-refractivity contribution >= 4 is 0 Å². The monoisotopic (exact) mass is 141 g/mol. The Morgan fingerprint density at radius 3 is 2.60 bits per heavy atom. The van der Waals surface area contributed by atoms with Crippen LogP contribution in [-0.2, 0) is 0 Å². The summed E-state index contributed by atoms with van der Waals surface area (Å²) >= 11 is 0. The van der Waals surface area contributed by atoms with E-state index >= 15 is 0 Å². The van der Waals surface area contributed by atoms with Crippen LogP contribution in [-0.4, -0.2) is 12.6 Å². The second kappa shape index (κ2) is 3.97. The van der Waals surface area contributed by atoms with Crippen LogP contribution in [0.25, 0.3) is 0 Å². The minimum Gasteiger partial charge on any atom is -0.314 e. The van der Waals surface area contributed by atoms with Crippen LogP contribution < -0.4 is 5.32 Å².